The number of hydrazone groups is 1. The van der Waals surface area contributed by atoms with Crippen molar-refractivity contribution in [1.29, 1.82) is 0 Å². The summed E-state index contributed by atoms with van der Waals surface area (Å²) in [6.07, 6.45) is 1.62. The number of carbonyl (C=O) groups is 1. The molecule has 0 aliphatic rings. The second-order valence-electron chi connectivity index (χ2n) is 7.32. The van der Waals surface area contributed by atoms with Gasteiger partial charge in [-0.15, -0.1) is 22.0 Å². The number of benzene rings is 3. The summed E-state index contributed by atoms with van der Waals surface area (Å²) in [5.41, 5.74) is 8.78. The average Bonchev–Trinajstić information content (AvgIpc) is 3.27. The molecule has 0 aliphatic heterocycles. The lowest BCUT2D eigenvalue weighted by Crippen LogP contribution is -2.19. The molecule has 4 aromatic rings. The van der Waals surface area contributed by atoms with Crippen molar-refractivity contribution >= 4 is 51.1 Å². The number of nitrogens with one attached hydrogen (secondary N) is 1. The van der Waals surface area contributed by atoms with Gasteiger partial charge in [-0.25, -0.2) is 5.43 Å². The third-order valence-corrected chi connectivity index (χ3v) is 6.60. The molecular weight excluding hydrogens is 482 g/mol. The minimum atomic E-state index is -0.300. The third kappa shape index (κ3) is 6.93. The van der Waals surface area contributed by atoms with Crippen LogP contribution < -0.4 is 20.6 Å². The number of nitrogens with zero attached hydrogens (tertiary/aromatic N) is 3. The minimum absolute atomic E-state index is 0.0694. The molecule has 35 heavy (non-hydrogen) atoms. The number of nitrogens with two attached hydrogens (primary N) is 1. The van der Waals surface area contributed by atoms with E-state index in [0.717, 1.165) is 11.3 Å². The standard InChI is InChI=1S/C25H25N5O3S2/c1-2-32-21-14-17(16-27-28-23(31)15-24-29-30-25(26)35-24)10-11-20(21)33-12-13-34-22-9-5-7-18-6-3-4-8-19(18)22/h3-11,14,16H,2,12-13,15H2,1H3,(H2,26,30)(H,28,31). The molecule has 3 N–H and O–H groups in total. The quantitative estimate of drug-likeness (QED) is 0.133. The number of nitrogen functional groups attached to an aromatic ring is 1. The van der Waals surface area contributed by atoms with E-state index < -0.39 is 0 Å². The third-order valence-electron chi connectivity index (χ3n) is 4.81. The van der Waals surface area contributed by atoms with Crippen molar-refractivity contribution < 1.29 is 14.3 Å². The molecule has 3 aromatic carbocycles. The highest BCUT2D eigenvalue weighted by Gasteiger charge is 2.09. The summed E-state index contributed by atoms with van der Waals surface area (Å²) in [4.78, 5) is 13.2. The fourth-order valence-corrected chi connectivity index (χ4v) is 4.82. The minimum Gasteiger partial charge on any atom is -0.490 e. The SMILES string of the molecule is CCOc1cc(C=NNC(=O)Cc2nnc(N)s2)ccc1OCCSc1cccc2ccccc12. The molecule has 0 saturated carbocycles. The molecule has 0 atom stereocenters. The highest BCUT2D eigenvalue weighted by Crippen LogP contribution is 2.30. The van der Waals surface area contributed by atoms with Gasteiger partial charge in [-0.1, -0.05) is 47.7 Å². The Hall–Kier alpha value is -3.63. The number of ether oxygens (including phenoxy) is 2. The highest BCUT2D eigenvalue weighted by atomic mass is 32.2. The lowest BCUT2D eigenvalue weighted by atomic mass is 10.1. The van der Waals surface area contributed by atoms with Crippen molar-refractivity contribution in [2.45, 2.75) is 18.2 Å². The summed E-state index contributed by atoms with van der Waals surface area (Å²) < 4.78 is 11.8. The highest BCUT2D eigenvalue weighted by molar-refractivity contribution is 7.99. The van der Waals surface area contributed by atoms with Crippen LogP contribution in [0.15, 0.2) is 70.7 Å². The van der Waals surface area contributed by atoms with Crippen molar-refractivity contribution in [3.05, 3.63) is 71.2 Å². The van der Waals surface area contributed by atoms with Crippen molar-refractivity contribution in [3.8, 4) is 11.5 Å². The molecule has 180 valence electrons. The fraction of sp³-hybridized carbons (Fsp3) is 0.200. The normalized spacial score (nSPS) is 11.1. The first kappa shape index (κ1) is 24.5. The zero-order valence-corrected chi connectivity index (χ0v) is 20.8. The van der Waals surface area contributed by atoms with Gasteiger partial charge in [0.1, 0.15) is 5.01 Å². The van der Waals surface area contributed by atoms with Crippen molar-refractivity contribution in [2.75, 3.05) is 24.7 Å². The summed E-state index contributed by atoms with van der Waals surface area (Å²) in [5, 5.41) is 14.9. The van der Waals surface area contributed by atoms with Gasteiger partial charge in [0.2, 0.25) is 11.0 Å². The van der Waals surface area contributed by atoms with Gasteiger partial charge >= 0.3 is 0 Å². The van der Waals surface area contributed by atoms with E-state index in [4.69, 9.17) is 15.2 Å². The van der Waals surface area contributed by atoms with Crippen LogP contribution in [0.4, 0.5) is 5.13 Å². The molecule has 0 bridgehead atoms. The van der Waals surface area contributed by atoms with Crippen LogP contribution in [0.3, 0.4) is 0 Å². The lowest BCUT2D eigenvalue weighted by Gasteiger charge is -2.13. The summed E-state index contributed by atoms with van der Waals surface area (Å²) in [7, 11) is 0. The number of aromatic nitrogens is 2. The topological polar surface area (TPSA) is 112 Å². The molecule has 0 saturated heterocycles. The van der Waals surface area contributed by atoms with Gasteiger partial charge < -0.3 is 15.2 Å². The predicted molar refractivity (Wildman–Crippen MR) is 142 cm³/mol. The van der Waals surface area contributed by atoms with E-state index in [0.29, 0.717) is 34.9 Å². The first-order valence-corrected chi connectivity index (χ1v) is 12.8. The molecule has 0 aliphatic carbocycles. The van der Waals surface area contributed by atoms with Gasteiger partial charge in [0.05, 0.1) is 25.8 Å². The van der Waals surface area contributed by atoms with E-state index in [1.165, 1.54) is 27.0 Å². The molecule has 0 unspecified atom stereocenters. The maximum absolute atomic E-state index is 12.0. The molecule has 1 aromatic heterocycles. The number of carbonyl (C=O) groups excluding carboxylic acids is 1. The van der Waals surface area contributed by atoms with Gasteiger partial charge in [0, 0.05) is 10.6 Å². The molecule has 8 nitrogen and oxygen atoms in total. The van der Waals surface area contributed by atoms with E-state index in [-0.39, 0.29) is 12.3 Å². The van der Waals surface area contributed by atoms with Crippen LogP contribution in [0.1, 0.15) is 17.5 Å². The van der Waals surface area contributed by atoms with Gasteiger partial charge in [-0.2, -0.15) is 5.10 Å². The second kappa shape index (κ2) is 12.2. The van der Waals surface area contributed by atoms with Crippen molar-refractivity contribution in [2.24, 2.45) is 5.10 Å². The van der Waals surface area contributed by atoms with Gasteiger partial charge in [-0.3, -0.25) is 4.79 Å². The Morgan fingerprint density at radius 3 is 2.80 bits per heavy atom. The van der Waals surface area contributed by atoms with Crippen LogP contribution >= 0.6 is 23.1 Å². The number of fused-ring (bicyclic) bond motifs is 1. The Kier molecular flexibility index (Phi) is 8.53. The Labute approximate surface area is 211 Å². The molecule has 0 radical (unpaired) electrons. The smallest absolute Gasteiger partial charge is 0.247 e. The number of hydrogen-bond donors (Lipinski definition) is 2. The summed E-state index contributed by atoms with van der Waals surface area (Å²) in [6, 6.07) is 20.2. The van der Waals surface area contributed by atoms with Crippen LogP contribution in [0.5, 0.6) is 11.5 Å². The molecule has 0 fully saturated rings. The first-order valence-electron chi connectivity index (χ1n) is 11.0. The number of hydrogen-bond acceptors (Lipinski definition) is 9. The summed E-state index contributed by atoms with van der Waals surface area (Å²) in [5.74, 6) is 1.79. The Morgan fingerprint density at radius 1 is 1.11 bits per heavy atom. The Morgan fingerprint density at radius 2 is 1.97 bits per heavy atom. The van der Waals surface area contributed by atoms with Crippen molar-refractivity contribution in [3.63, 3.8) is 0 Å². The van der Waals surface area contributed by atoms with Gasteiger partial charge in [0.25, 0.3) is 0 Å². The zero-order valence-electron chi connectivity index (χ0n) is 19.1. The predicted octanol–water partition coefficient (Wildman–Crippen LogP) is 4.54. The molecule has 4 rings (SSSR count). The lowest BCUT2D eigenvalue weighted by molar-refractivity contribution is -0.120. The van der Waals surface area contributed by atoms with Crippen LogP contribution in [-0.4, -0.2) is 41.3 Å². The van der Waals surface area contributed by atoms with Crippen LogP contribution in [0, 0.1) is 0 Å². The zero-order chi connectivity index (χ0) is 24.5. The monoisotopic (exact) mass is 507 g/mol. The van der Waals surface area contributed by atoms with Gasteiger partial charge in [0.15, 0.2) is 11.5 Å². The Balaban J connectivity index is 1.31. The van der Waals surface area contributed by atoms with Crippen LogP contribution in [0.25, 0.3) is 10.8 Å². The first-order chi connectivity index (χ1) is 17.1. The second-order valence-corrected chi connectivity index (χ2v) is 9.55. The Bertz CT molecular complexity index is 1320. The van der Waals surface area contributed by atoms with Crippen LogP contribution in [-0.2, 0) is 11.2 Å². The maximum atomic E-state index is 12.0. The maximum Gasteiger partial charge on any atom is 0.247 e. The van der Waals surface area contributed by atoms with E-state index in [2.05, 4.69) is 57.1 Å². The number of thioether (sulfide) groups is 1. The largest absolute Gasteiger partial charge is 0.490 e. The van der Waals surface area contributed by atoms with E-state index in [9.17, 15) is 4.79 Å². The van der Waals surface area contributed by atoms with E-state index in [1.54, 1.807) is 18.0 Å². The van der Waals surface area contributed by atoms with Crippen molar-refractivity contribution in [1.82, 2.24) is 15.6 Å². The molecule has 0 spiro atoms. The molecular formula is C25H25N5O3S2. The summed E-state index contributed by atoms with van der Waals surface area (Å²) >= 11 is 2.94. The average molecular weight is 508 g/mol. The fourth-order valence-electron chi connectivity index (χ4n) is 3.31. The molecule has 1 amide bonds. The van der Waals surface area contributed by atoms with E-state index >= 15 is 0 Å². The molecule has 1 heterocycles. The molecule has 10 heteroatoms. The number of anilines is 1. The van der Waals surface area contributed by atoms with Gasteiger partial charge in [-0.05, 0) is 47.5 Å². The number of amides is 1. The van der Waals surface area contributed by atoms with E-state index in [1.807, 2.05) is 31.2 Å². The number of rotatable bonds is 11. The summed E-state index contributed by atoms with van der Waals surface area (Å²) in [6.45, 7) is 2.96. The van der Waals surface area contributed by atoms with Crippen LogP contribution in [0.2, 0.25) is 0 Å².